The summed E-state index contributed by atoms with van der Waals surface area (Å²) in [6.07, 6.45) is 4.55. The summed E-state index contributed by atoms with van der Waals surface area (Å²) < 4.78 is 14.3. The maximum atomic E-state index is 12.9. The van der Waals surface area contributed by atoms with Gasteiger partial charge in [-0.05, 0) is 37.3 Å². The fourth-order valence-electron chi connectivity index (χ4n) is 4.10. The van der Waals surface area contributed by atoms with Crippen LogP contribution in [-0.2, 0) is 10.8 Å². The summed E-state index contributed by atoms with van der Waals surface area (Å²) in [6.45, 7) is 5.45. The van der Waals surface area contributed by atoms with Gasteiger partial charge in [-0.25, -0.2) is 9.48 Å². The molecule has 1 aromatic carbocycles. The van der Waals surface area contributed by atoms with Crippen molar-refractivity contribution in [3.05, 3.63) is 42.2 Å². The third kappa shape index (κ3) is 3.52. The molecule has 6 nitrogen and oxygen atoms in total. The van der Waals surface area contributed by atoms with Crippen LogP contribution in [0.4, 0.5) is 10.5 Å². The van der Waals surface area contributed by atoms with Gasteiger partial charge in [0.05, 0.1) is 28.5 Å². The molecule has 2 aromatic rings. The lowest BCUT2D eigenvalue weighted by atomic mass is 10.1. The number of nitrogens with one attached hydrogen (secondary N) is 1. The second-order valence-corrected chi connectivity index (χ2v) is 9.65. The van der Waals surface area contributed by atoms with Crippen LogP contribution in [0.1, 0.15) is 44.7 Å². The number of hydrogen-bond donors (Lipinski definition) is 1. The van der Waals surface area contributed by atoms with Crippen LogP contribution in [0.3, 0.4) is 0 Å². The van der Waals surface area contributed by atoms with Crippen LogP contribution < -0.4 is 5.32 Å². The van der Waals surface area contributed by atoms with Crippen molar-refractivity contribution in [3.63, 3.8) is 0 Å². The van der Waals surface area contributed by atoms with Gasteiger partial charge >= 0.3 is 6.03 Å². The lowest BCUT2D eigenvalue weighted by Gasteiger charge is -2.24. The van der Waals surface area contributed by atoms with Gasteiger partial charge in [-0.1, -0.05) is 32.0 Å². The number of amides is 2. The normalized spacial score (nSPS) is 24.9. The molecular weight excluding hydrogens is 360 g/mol. The Morgan fingerprint density at radius 1 is 1.19 bits per heavy atom. The molecule has 2 aliphatic heterocycles. The number of fused-ring (bicyclic) bond motifs is 2. The predicted octanol–water partition coefficient (Wildman–Crippen LogP) is 3.51. The highest BCUT2D eigenvalue weighted by atomic mass is 32.2. The molecule has 1 aromatic heterocycles. The second-order valence-electron chi connectivity index (χ2n) is 7.66. The quantitative estimate of drug-likeness (QED) is 0.878. The molecule has 0 saturated carbocycles. The Balaban J connectivity index is 1.55. The average molecular weight is 387 g/mol. The Hall–Kier alpha value is -2.15. The van der Waals surface area contributed by atoms with Crippen molar-refractivity contribution in [3.8, 4) is 5.69 Å². The SMILES string of the molecule is CC(C)c1c(NC(=O)N2CCC3CCC(C2)S3=O)cnn1-c1ccccc1. The topological polar surface area (TPSA) is 67.2 Å². The van der Waals surface area contributed by atoms with E-state index in [1.807, 2.05) is 39.9 Å². The summed E-state index contributed by atoms with van der Waals surface area (Å²) in [6, 6.07) is 9.82. The molecule has 2 saturated heterocycles. The van der Waals surface area contributed by atoms with Crippen LogP contribution in [0.2, 0.25) is 0 Å². The minimum atomic E-state index is -0.790. The van der Waals surface area contributed by atoms with Crippen LogP contribution in [0.15, 0.2) is 36.5 Å². The largest absolute Gasteiger partial charge is 0.323 e. The first kappa shape index (κ1) is 18.2. The highest BCUT2D eigenvalue weighted by Gasteiger charge is 2.38. The summed E-state index contributed by atoms with van der Waals surface area (Å²) >= 11 is 0. The van der Waals surface area contributed by atoms with Gasteiger partial charge in [0.25, 0.3) is 0 Å². The Kier molecular flexibility index (Phi) is 5.04. The van der Waals surface area contributed by atoms with Crippen molar-refractivity contribution in [2.24, 2.45) is 0 Å². The summed E-state index contributed by atoms with van der Waals surface area (Å²) in [7, 11) is -0.790. The Labute approximate surface area is 162 Å². The van der Waals surface area contributed by atoms with Crippen molar-refractivity contribution in [2.45, 2.75) is 49.5 Å². The van der Waals surface area contributed by atoms with Crippen molar-refractivity contribution in [1.29, 1.82) is 0 Å². The maximum absolute atomic E-state index is 12.9. The van der Waals surface area contributed by atoms with Crippen LogP contribution in [0, 0.1) is 0 Å². The minimum Gasteiger partial charge on any atom is -0.323 e. The lowest BCUT2D eigenvalue weighted by molar-refractivity contribution is 0.209. The first-order valence-electron chi connectivity index (χ1n) is 9.63. The Morgan fingerprint density at radius 3 is 2.67 bits per heavy atom. The summed E-state index contributed by atoms with van der Waals surface area (Å²) in [4.78, 5) is 14.7. The molecule has 2 fully saturated rings. The fourth-order valence-corrected chi connectivity index (χ4v) is 6.05. The zero-order valence-corrected chi connectivity index (χ0v) is 16.6. The third-order valence-corrected chi connectivity index (χ3v) is 7.67. The first-order chi connectivity index (χ1) is 13.0. The zero-order chi connectivity index (χ0) is 19.0. The van der Waals surface area contributed by atoms with Crippen LogP contribution in [-0.4, -0.2) is 48.5 Å². The molecule has 1 N–H and O–H groups in total. The third-order valence-electron chi connectivity index (χ3n) is 5.50. The molecule has 27 heavy (non-hydrogen) atoms. The van der Waals surface area contributed by atoms with E-state index in [0.717, 1.165) is 36.3 Å². The first-order valence-corrected chi connectivity index (χ1v) is 10.9. The van der Waals surface area contributed by atoms with E-state index in [2.05, 4.69) is 24.3 Å². The zero-order valence-electron chi connectivity index (χ0n) is 15.8. The van der Waals surface area contributed by atoms with Crippen LogP contribution >= 0.6 is 0 Å². The summed E-state index contributed by atoms with van der Waals surface area (Å²) in [5, 5.41) is 7.96. The summed E-state index contributed by atoms with van der Waals surface area (Å²) in [5.74, 6) is 0.204. The van der Waals surface area contributed by atoms with Gasteiger partial charge < -0.3 is 10.2 Å². The number of carbonyl (C=O) groups excluding carboxylic acids is 1. The monoisotopic (exact) mass is 386 g/mol. The molecule has 2 bridgehead atoms. The van der Waals surface area contributed by atoms with E-state index in [4.69, 9.17) is 0 Å². The lowest BCUT2D eigenvalue weighted by Crippen LogP contribution is -2.40. The van der Waals surface area contributed by atoms with E-state index in [1.54, 1.807) is 6.20 Å². The molecule has 7 heteroatoms. The molecule has 3 unspecified atom stereocenters. The Morgan fingerprint density at radius 2 is 1.93 bits per heavy atom. The van der Waals surface area contributed by atoms with Gasteiger partial charge in [-0.15, -0.1) is 0 Å². The number of para-hydroxylation sites is 1. The van der Waals surface area contributed by atoms with Gasteiger partial charge in [0.2, 0.25) is 0 Å². The van der Waals surface area contributed by atoms with E-state index in [-0.39, 0.29) is 22.4 Å². The number of rotatable bonds is 3. The number of carbonyl (C=O) groups is 1. The van der Waals surface area contributed by atoms with Gasteiger partial charge in [0.15, 0.2) is 0 Å². The number of benzene rings is 1. The molecule has 3 atom stereocenters. The van der Waals surface area contributed by atoms with E-state index in [1.165, 1.54) is 0 Å². The van der Waals surface area contributed by atoms with E-state index < -0.39 is 10.8 Å². The molecule has 4 rings (SSSR count). The smallest absolute Gasteiger partial charge is 0.321 e. The number of likely N-dealkylation sites (tertiary alicyclic amines) is 1. The highest BCUT2D eigenvalue weighted by Crippen LogP contribution is 2.31. The molecule has 0 spiro atoms. The fraction of sp³-hybridized carbons (Fsp3) is 0.500. The number of hydrogen-bond acceptors (Lipinski definition) is 3. The molecule has 2 amide bonds. The van der Waals surface area contributed by atoms with Gasteiger partial charge in [-0.3, -0.25) is 4.21 Å². The minimum absolute atomic E-state index is 0.117. The summed E-state index contributed by atoms with van der Waals surface area (Å²) in [5.41, 5.74) is 2.70. The molecule has 144 valence electrons. The van der Waals surface area contributed by atoms with Crippen LogP contribution in [0.5, 0.6) is 0 Å². The maximum Gasteiger partial charge on any atom is 0.321 e. The van der Waals surface area contributed by atoms with Crippen molar-refractivity contribution in [1.82, 2.24) is 14.7 Å². The average Bonchev–Trinajstić information content (AvgIpc) is 3.16. The Bertz CT molecular complexity index is 849. The molecule has 2 aliphatic rings. The van der Waals surface area contributed by atoms with Gasteiger partial charge in [0, 0.05) is 29.1 Å². The molecular formula is C20H26N4O2S. The van der Waals surface area contributed by atoms with E-state index in [0.29, 0.717) is 13.1 Å². The molecule has 3 heterocycles. The van der Waals surface area contributed by atoms with Gasteiger partial charge in [0.1, 0.15) is 0 Å². The number of nitrogens with zero attached hydrogens (tertiary/aromatic N) is 3. The number of aromatic nitrogens is 2. The van der Waals surface area contributed by atoms with Crippen molar-refractivity contribution < 1.29 is 9.00 Å². The van der Waals surface area contributed by atoms with Crippen LogP contribution in [0.25, 0.3) is 5.69 Å². The van der Waals surface area contributed by atoms with E-state index >= 15 is 0 Å². The molecule has 0 radical (unpaired) electrons. The number of urea groups is 1. The molecule has 0 aliphatic carbocycles. The van der Waals surface area contributed by atoms with Crippen molar-refractivity contribution >= 4 is 22.5 Å². The van der Waals surface area contributed by atoms with Gasteiger partial charge in [-0.2, -0.15) is 5.10 Å². The predicted molar refractivity (Wildman–Crippen MR) is 108 cm³/mol. The van der Waals surface area contributed by atoms with E-state index in [9.17, 15) is 9.00 Å². The highest BCUT2D eigenvalue weighted by molar-refractivity contribution is 7.86. The van der Waals surface area contributed by atoms with Crippen molar-refractivity contribution in [2.75, 3.05) is 18.4 Å². The second kappa shape index (κ2) is 7.46. The number of anilines is 1. The standard InChI is InChI=1S/C20H26N4O2S/c1-14(2)19-18(12-21-24(19)15-6-4-3-5-7-15)22-20(25)23-11-10-16-8-9-17(13-23)27(16)26/h3-7,12,14,16-17H,8-11,13H2,1-2H3,(H,22,25).